The minimum atomic E-state index is -0.771. The van der Waals surface area contributed by atoms with Crippen molar-refractivity contribution in [2.75, 3.05) is 0 Å². The molecule has 0 aliphatic carbocycles. The van der Waals surface area contributed by atoms with E-state index in [0.29, 0.717) is 6.54 Å². The van der Waals surface area contributed by atoms with Gasteiger partial charge in [-0.3, -0.25) is 0 Å². The normalized spacial score (nSPS) is 9.62. The highest BCUT2D eigenvalue weighted by Gasteiger charge is 2.01. The lowest BCUT2D eigenvalue weighted by molar-refractivity contribution is 0.150. The zero-order chi connectivity index (χ0) is 9.68. The van der Waals surface area contributed by atoms with Crippen LogP contribution < -0.4 is 11.5 Å². The Kier molecular flexibility index (Phi) is 3.28. The van der Waals surface area contributed by atoms with Gasteiger partial charge in [0.25, 0.3) is 0 Å². The van der Waals surface area contributed by atoms with Crippen molar-refractivity contribution in [1.82, 2.24) is 0 Å². The summed E-state index contributed by atoms with van der Waals surface area (Å²) in [6.07, 6.45) is -0.771. The van der Waals surface area contributed by atoms with E-state index in [1.165, 1.54) is 0 Å². The smallest absolute Gasteiger partial charge is 0.404 e. The zero-order valence-electron chi connectivity index (χ0n) is 7.19. The van der Waals surface area contributed by atoms with Crippen molar-refractivity contribution in [3.05, 3.63) is 35.4 Å². The van der Waals surface area contributed by atoms with E-state index in [2.05, 4.69) is 4.74 Å². The summed E-state index contributed by atoms with van der Waals surface area (Å²) in [6.45, 7) is 0.612. The van der Waals surface area contributed by atoms with E-state index in [9.17, 15) is 4.79 Å². The molecule has 4 heteroatoms. The van der Waals surface area contributed by atoms with Gasteiger partial charge < -0.3 is 16.2 Å². The molecule has 0 atom stereocenters. The van der Waals surface area contributed by atoms with Crippen molar-refractivity contribution in [2.45, 2.75) is 13.2 Å². The van der Waals surface area contributed by atoms with E-state index in [0.717, 1.165) is 11.1 Å². The Morgan fingerprint density at radius 1 is 1.31 bits per heavy atom. The minimum absolute atomic E-state index is 0.183. The third kappa shape index (κ3) is 2.76. The van der Waals surface area contributed by atoms with Gasteiger partial charge in [0.2, 0.25) is 0 Å². The average molecular weight is 180 g/mol. The molecule has 1 amide bonds. The third-order valence-electron chi connectivity index (χ3n) is 1.71. The maximum absolute atomic E-state index is 10.3. The molecule has 1 aromatic rings. The summed E-state index contributed by atoms with van der Waals surface area (Å²) in [6, 6.07) is 7.49. The molecule has 0 bridgehead atoms. The molecule has 13 heavy (non-hydrogen) atoms. The molecule has 0 spiro atoms. The molecule has 0 aliphatic heterocycles. The second kappa shape index (κ2) is 4.47. The van der Waals surface area contributed by atoms with Gasteiger partial charge in [-0.15, -0.1) is 0 Å². The van der Waals surface area contributed by atoms with Gasteiger partial charge in [-0.1, -0.05) is 24.3 Å². The first kappa shape index (κ1) is 9.54. The first-order valence-corrected chi connectivity index (χ1v) is 3.93. The highest BCUT2D eigenvalue weighted by Crippen LogP contribution is 2.08. The van der Waals surface area contributed by atoms with Crippen LogP contribution in [-0.4, -0.2) is 6.09 Å². The van der Waals surface area contributed by atoms with Crippen LogP contribution in [0, 0.1) is 0 Å². The summed E-state index contributed by atoms with van der Waals surface area (Å²) in [5, 5.41) is 0. The van der Waals surface area contributed by atoms with E-state index in [1.807, 2.05) is 24.3 Å². The van der Waals surface area contributed by atoms with Crippen LogP contribution in [0.15, 0.2) is 24.3 Å². The predicted octanol–water partition coefficient (Wildman–Crippen LogP) is 0.741. The number of primary amides is 1. The number of hydrogen-bond donors (Lipinski definition) is 2. The molecule has 0 aliphatic rings. The number of benzene rings is 1. The molecule has 0 saturated heterocycles. The Morgan fingerprint density at radius 2 is 1.92 bits per heavy atom. The first-order chi connectivity index (χ1) is 6.24. The molecule has 0 aromatic heterocycles. The highest BCUT2D eigenvalue weighted by atomic mass is 16.5. The largest absolute Gasteiger partial charge is 0.445 e. The summed E-state index contributed by atoms with van der Waals surface area (Å²) in [5.41, 5.74) is 12.2. The SMILES string of the molecule is NCc1ccccc1COC(N)=O. The van der Waals surface area contributed by atoms with Crippen LogP contribution in [0.2, 0.25) is 0 Å². The van der Waals surface area contributed by atoms with E-state index in [1.54, 1.807) is 0 Å². The van der Waals surface area contributed by atoms with E-state index in [-0.39, 0.29) is 6.61 Å². The first-order valence-electron chi connectivity index (χ1n) is 3.93. The summed E-state index contributed by atoms with van der Waals surface area (Å²) in [7, 11) is 0. The molecule has 0 saturated carbocycles. The molecule has 0 heterocycles. The Morgan fingerprint density at radius 3 is 2.46 bits per heavy atom. The van der Waals surface area contributed by atoms with E-state index < -0.39 is 6.09 Å². The van der Waals surface area contributed by atoms with Crippen LogP contribution >= 0.6 is 0 Å². The number of rotatable bonds is 3. The lowest BCUT2D eigenvalue weighted by Crippen LogP contribution is -2.13. The number of carbonyl (C=O) groups excluding carboxylic acids is 1. The minimum Gasteiger partial charge on any atom is -0.445 e. The number of nitrogens with two attached hydrogens (primary N) is 2. The molecule has 4 N–H and O–H groups in total. The van der Waals surface area contributed by atoms with Crippen molar-refractivity contribution in [2.24, 2.45) is 11.5 Å². The third-order valence-corrected chi connectivity index (χ3v) is 1.71. The van der Waals surface area contributed by atoms with Crippen molar-refractivity contribution in [3.8, 4) is 0 Å². The summed E-state index contributed by atoms with van der Waals surface area (Å²) >= 11 is 0. The van der Waals surface area contributed by atoms with Crippen LogP contribution in [-0.2, 0) is 17.9 Å². The van der Waals surface area contributed by atoms with Crippen molar-refractivity contribution in [1.29, 1.82) is 0 Å². The standard InChI is InChI=1S/C9H12N2O2/c10-5-7-3-1-2-4-8(7)6-13-9(11)12/h1-4H,5-6,10H2,(H2,11,12). The predicted molar refractivity (Wildman–Crippen MR) is 48.7 cm³/mol. The van der Waals surface area contributed by atoms with Gasteiger partial charge in [-0.05, 0) is 11.1 Å². The van der Waals surface area contributed by atoms with Crippen LogP contribution in [0.25, 0.3) is 0 Å². The zero-order valence-corrected chi connectivity index (χ0v) is 7.19. The fourth-order valence-electron chi connectivity index (χ4n) is 1.05. The van der Waals surface area contributed by atoms with Gasteiger partial charge in [-0.2, -0.15) is 0 Å². The molecule has 0 fully saturated rings. The molecule has 0 radical (unpaired) electrons. The maximum atomic E-state index is 10.3. The number of carbonyl (C=O) groups is 1. The number of hydrogen-bond acceptors (Lipinski definition) is 3. The molecular weight excluding hydrogens is 168 g/mol. The molecule has 70 valence electrons. The van der Waals surface area contributed by atoms with Crippen LogP contribution in [0.5, 0.6) is 0 Å². The van der Waals surface area contributed by atoms with Gasteiger partial charge in [0.15, 0.2) is 0 Å². The average Bonchev–Trinajstić information content (AvgIpc) is 2.15. The number of ether oxygens (including phenoxy) is 1. The Bertz CT molecular complexity index is 299. The molecule has 1 rings (SSSR count). The Balaban J connectivity index is 2.69. The van der Waals surface area contributed by atoms with E-state index in [4.69, 9.17) is 11.5 Å². The second-order valence-electron chi connectivity index (χ2n) is 2.58. The molecule has 1 aromatic carbocycles. The maximum Gasteiger partial charge on any atom is 0.404 e. The molecular formula is C9H12N2O2. The monoisotopic (exact) mass is 180 g/mol. The van der Waals surface area contributed by atoms with Gasteiger partial charge in [-0.25, -0.2) is 4.79 Å². The lowest BCUT2D eigenvalue weighted by atomic mass is 10.1. The fraction of sp³-hybridized carbons (Fsp3) is 0.222. The summed E-state index contributed by atoms with van der Waals surface area (Å²) < 4.78 is 4.65. The lowest BCUT2D eigenvalue weighted by Gasteiger charge is -2.06. The van der Waals surface area contributed by atoms with Gasteiger partial charge in [0.05, 0.1) is 0 Å². The van der Waals surface area contributed by atoms with Crippen LogP contribution in [0.3, 0.4) is 0 Å². The quantitative estimate of drug-likeness (QED) is 0.720. The highest BCUT2D eigenvalue weighted by molar-refractivity contribution is 5.64. The Labute approximate surface area is 76.5 Å². The fourth-order valence-corrected chi connectivity index (χ4v) is 1.05. The van der Waals surface area contributed by atoms with Gasteiger partial charge >= 0.3 is 6.09 Å². The van der Waals surface area contributed by atoms with Crippen molar-refractivity contribution in [3.63, 3.8) is 0 Å². The van der Waals surface area contributed by atoms with Gasteiger partial charge in [0, 0.05) is 6.54 Å². The summed E-state index contributed by atoms with van der Waals surface area (Å²) in [5.74, 6) is 0. The van der Waals surface area contributed by atoms with Crippen molar-refractivity contribution >= 4 is 6.09 Å². The van der Waals surface area contributed by atoms with Crippen molar-refractivity contribution < 1.29 is 9.53 Å². The molecule has 4 nitrogen and oxygen atoms in total. The topological polar surface area (TPSA) is 78.3 Å². The summed E-state index contributed by atoms with van der Waals surface area (Å²) in [4.78, 5) is 10.3. The number of amides is 1. The van der Waals surface area contributed by atoms with Crippen LogP contribution in [0.4, 0.5) is 4.79 Å². The van der Waals surface area contributed by atoms with E-state index >= 15 is 0 Å². The Hall–Kier alpha value is -1.55. The molecule has 0 unspecified atom stereocenters. The van der Waals surface area contributed by atoms with Gasteiger partial charge in [0.1, 0.15) is 6.61 Å². The second-order valence-corrected chi connectivity index (χ2v) is 2.58. The van der Waals surface area contributed by atoms with Crippen LogP contribution in [0.1, 0.15) is 11.1 Å².